The molecule has 8 nitrogen and oxygen atoms in total. The van der Waals surface area contributed by atoms with E-state index in [1.807, 2.05) is 41.0 Å². The summed E-state index contributed by atoms with van der Waals surface area (Å²) in [5.41, 5.74) is 1.52. The van der Waals surface area contributed by atoms with Crippen LogP contribution in [-0.4, -0.2) is 42.4 Å². The lowest BCUT2D eigenvalue weighted by Crippen LogP contribution is -2.50. The summed E-state index contributed by atoms with van der Waals surface area (Å²) in [5, 5.41) is 9.65. The molecule has 1 saturated heterocycles. The largest absolute Gasteiger partial charge is 0.479 e. The van der Waals surface area contributed by atoms with E-state index in [0.717, 1.165) is 17.1 Å². The molecule has 1 N–H and O–H groups in total. The number of carbonyl (C=O) groups excluding carboxylic acids is 1. The zero-order valence-corrected chi connectivity index (χ0v) is 21.3. The van der Waals surface area contributed by atoms with Gasteiger partial charge in [0.2, 0.25) is 10.0 Å². The van der Waals surface area contributed by atoms with Gasteiger partial charge in [0.15, 0.2) is 5.60 Å². The first-order chi connectivity index (χ1) is 17.0. The van der Waals surface area contributed by atoms with Crippen LogP contribution in [0, 0.1) is 11.3 Å². The summed E-state index contributed by atoms with van der Waals surface area (Å²) in [6.45, 7) is 6.27. The van der Waals surface area contributed by atoms with Gasteiger partial charge in [-0.15, -0.1) is 0 Å². The number of sulfonamides is 1. The molecule has 5 rings (SSSR count). The molecule has 0 saturated carbocycles. The molecule has 36 heavy (non-hydrogen) atoms. The fourth-order valence-corrected chi connectivity index (χ4v) is 6.40. The van der Waals surface area contributed by atoms with Crippen molar-refractivity contribution in [3.8, 4) is 17.5 Å². The molecule has 0 atom stereocenters. The number of aromatic nitrogens is 1. The van der Waals surface area contributed by atoms with E-state index >= 15 is 0 Å². The van der Waals surface area contributed by atoms with Crippen molar-refractivity contribution in [2.24, 2.45) is 0 Å². The second-order valence-electron chi connectivity index (χ2n) is 10.3. The number of likely N-dealkylation sites (tertiary alicyclic amines) is 1. The molecular formula is C27H30N4O4S. The van der Waals surface area contributed by atoms with Gasteiger partial charge in [0.1, 0.15) is 17.5 Å². The SMILES string of the molecule is CC(C)(C)NS(=O)(=O)c1ccc(C(=O)N2CCC3(CC2)Oc2ccccc2-n2c(C#N)ccc23)cc1.[HH]. The lowest BCUT2D eigenvalue weighted by molar-refractivity contribution is -0.00937. The van der Waals surface area contributed by atoms with Gasteiger partial charge in [0, 0.05) is 38.5 Å². The molecule has 3 heterocycles. The zero-order chi connectivity index (χ0) is 25.7. The molecule has 0 bridgehead atoms. The van der Waals surface area contributed by atoms with Crippen LogP contribution in [-0.2, 0) is 15.6 Å². The molecule has 9 heteroatoms. The molecule has 1 aromatic heterocycles. The monoisotopic (exact) mass is 506 g/mol. The second-order valence-corrected chi connectivity index (χ2v) is 12.0. The number of piperidine rings is 1. The van der Waals surface area contributed by atoms with Gasteiger partial charge in [-0.05, 0) is 69.3 Å². The summed E-state index contributed by atoms with van der Waals surface area (Å²) in [6.07, 6.45) is 1.15. The van der Waals surface area contributed by atoms with Gasteiger partial charge in [0.05, 0.1) is 16.3 Å². The first kappa shape index (κ1) is 24.1. The number of nitrogens with zero attached hydrogens (tertiary/aromatic N) is 3. The van der Waals surface area contributed by atoms with Crippen molar-refractivity contribution in [3.05, 3.63) is 77.6 Å². The summed E-state index contributed by atoms with van der Waals surface area (Å²) in [7, 11) is -3.67. The van der Waals surface area contributed by atoms with Gasteiger partial charge < -0.3 is 9.64 Å². The summed E-state index contributed by atoms with van der Waals surface area (Å²) in [6, 6.07) is 19.7. The normalized spacial score (nSPS) is 16.6. The van der Waals surface area contributed by atoms with Crippen molar-refractivity contribution in [2.45, 2.75) is 49.6 Å². The first-order valence-corrected chi connectivity index (χ1v) is 13.4. The van der Waals surface area contributed by atoms with Crippen LogP contribution in [0.3, 0.4) is 0 Å². The number of ether oxygens (including phenoxy) is 1. The number of carbonyl (C=O) groups is 1. The molecular weight excluding hydrogens is 476 g/mol. The van der Waals surface area contributed by atoms with E-state index < -0.39 is 21.2 Å². The fourth-order valence-electron chi connectivity index (χ4n) is 4.98. The molecule has 2 aromatic carbocycles. The average molecular weight is 507 g/mol. The number of amides is 1. The van der Waals surface area contributed by atoms with Gasteiger partial charge in [-0.1, -0.05) is 12.1 Å². The van der Waals surface area contributed by atoms with Gasteiger partial charge in [-0.25, -0.2) is 13.1 Å². The topological polar surface area (TPSA) is 104 Å². The van der Waals surface area contributed by atoms with Crippen LogP contribution in [0.25, 0.3) is 5.69 Å². The van der Waals surface area contributed by atoms with Crippen molar-refractivity contribution < 1.29 is 19.4 Å². The third-order valence-corrected chi connectivity index (χ3v) is 8.36. The van der Waals surface area contributed by atoms with Crippen LogP contribution in [0.15, 0.2) is 65.6 Å². The molecule has 0 unspecified atom stereocenters. The summed E-state index contributed by atoms with van der Waals surface area (Å²) >= 11 is 0. The number of fused-ring (bicyclic) bond motifs is 4. The summed E-state index contributed by atoms with van der Waals surface area (Å²) in [4.78, 5) is 15.1. The maximum Gasteiger partial charge on any atom is 0.253 e. The minimum Gasteiger partial charge on any atom is -0.479 e. The number of nitriles is 1. The molecule has 0 radical (unpaired) electrons. The van der Waals surface area contributed by atoms with E-state index in [-0.39, 0.29) is 12.2 Å². The second kappa shape index (κ2) is 8.50. The molecule has 1 fully saturated rings. The number of hydrogen-bond donors (Lipinski definition) is 1. The predicted octanol–water partition coefficient (Wildman–Crippen LogP) is 4.20. The van der Waals surface area contributed by atoms with Gasteiger partial charge in [-0.3, -0.25) is 9.36 Å². The van der Waals surface area contributed by atoms with Crippen LogP contribution in [0.5, 0.6) is 5.75 Å². The Hall–Kier alpha value is -3.61. The Labute approximate surface area is 212 Å². The van der Waals surface area contributed by atoms with Crippen molar-refractivity contribution in [3.63, 3.8) is 0 Å². The first-order valence-electron chi connectivity index (χ1n) is 11.9. The average Bonchev–Trinajstić information content (AvgIpc) is 3.29. The molecule has 0 aliphatic carbocycles. The predicted molar refractivity (Wildman–Crippen MR) is 137 cm³/mol. The van der Waals surface area contributed by atoms with Crippen LogP contribution >= 0.6 is 0 Å². The summed E-state index contributed by atoms with van der Waals surface area (Å²) in [5.74, 6) is 0.569. The Balaban J connectivity index is 0.00000320. The number of para-hydroxylation sites is 2. The highest BCUT2D eigenvalue weighted by atomic mass is 32.2. The molecule has 2 aliphatic heterocycles. The highest BCUT2D eigenvalue weighted by molar-refractivity contribution is 7.89. The smallest absolute Gasteiger partial charge is 0.253 e. The van der Waals surface area contributed by atoms with Gasteiger partial charge >= 0.3 is 0 Å². The molecule has 1 amide bonds. The maximum absolute atomic E-state index is 13.2. The molecule has 188 valence electrons. The van der Waals surface area contributed by atoms with Crippen molar-refractivity contribution in [1.29, 1.82) is 5.26 Å². The lowest BCUT2D eigenvalue weighted by atomic mass is 9.86. The van der Waals surface area contributed by atoms with Gasteiger partial charge in [-0.2, -0.15) is 5.26 Å². The summed E-state index contributed by atoms with van der Waals surface area (Å²) < 4.78 is 36.3. The van der Waals surface area contributed by atoms with Crippen molar-refractivity contribution in [1.82, 2.24) is 14.2 Å². The molecule has 1 spiro atoms. The number of hydrogen-bond acceptors (Lipinski definition) is 5. The van der Waals surface area contributed by atoms with E-state index in [1.165, 1.54) is 12.1 Å². The van der Waals surface area contributed by atoms with Gasteiger partial charge in [0.25, 0.3) is 5.91 Å². The minimum atomic E-state index is -3.67. The van der Waals surface area contributed by atoms with Crippen LogP contribution < -0.4 is 9.46 Å². The maximum atomic E-state index is 13.2. The fraction of sp³-hybridized carbons (Fsp3) is 0.333. The Kier molecular flexibility index (Phi) is 5.69. The quantitative estimate of drug-likeness (QED) is 0.573. The Bertz CT molecular complexity index is 1480. The van der Waals surface area contributed by atoms with E-state index in [2.05, 4.69) is 10.8 Å². The van der Waals surface area contributed by atoms with E-state index in [1.54, 1.807) is 37.8 Å². The minimum absolute atomic E-state index is 0. The van der Waals surface area contributed by atoms with E-state index in [4.69, 9.17) is 4.74 Å². The van der Waals surface area contributed by atoms with Crippen LogP contribution in [0.4, 0.5) is 0 Å². The highest BCUT2D eigenvalue weighted by Crippen LogP contribution is 2.45. The number of rotatable bonds is 3. The lowest BCUT2D eigenvalue weighted by Gasteiger charge is -2.45. The van der Waals surface area contributed by atoms with Crippen molar-refractivity contribution in [2.75, 3.05) is 13.1 Å². The highest BCUT2D eigenvalue weighted by Gasteiger charge is 2.45. The van der Waals surface area contributed by atoms with Crippen LogP contribution in [0.2, 0.25) is 0 Å². The van der Waals surface area contributed by atoms with E-state index in [0.29, 0.717) is 37.2 Å². The van der Waals surface area contributed by atoms with Crippen LogP contribution in [0.1, 0.15) is 56.8 Å². The zero-order valence-electron chi connectivity index (χ0n) is 20.5. The Morgan fingerprint density at radius 1 is 1.06 bits per heavy atom. The Morgan fingerprint density at radius 2 is 1.72 bits per heavy atom. The Morgan fingerprint density at radius 3 is 2.36 bits per heavy atom. The number of benzene rings is 2. The molecule has 2 aliphatic rings. The molecule has 3 aromatic rings. The standard InChI is InChI=1S/C27H28N4O4S.H2/c1-26(2,3)29-36(33,34)21-11-8-19(9-12-21)25(32)30-16-14-27(15-17-30)24-13-10-20(18-28)31(24)22-6-4-5-7-23(22)35-27;/h4-13,29H,14-17H2,1-3H3;1H. The number of nitrogens with one attached hydrogen (secondary N) is 1. The van der Waals surface area contributed by atoms with E-state index in [9.17, 15) is 18.5 Å². The van der Waals surface area contributed by atoms with Crippen molar-refractivity contribution >= 4 is 15.9 Å². The third kappa shape index (κ3) is 4.16. The third-order valence-electron chi connectivity index (χ3n) is 6.58.